The fourth-order valence-corrected chi connectivity index (χ4v) is 7.53. The minimum absolute atomic E-state index is 0.0132. The van der Waals surface area contributed by atoms with Crippen molar-refractivity contribution in [3.8, 4) is 0 Å². The number of nitrogens with one attached hydrogen (secondary N) is 1. The zero-order valence-electron chi connectivity index (χ0n) is 25.4. The highest BCUT2D eigenvalue weighted by atomic mass is 35.5. The van der Waals surface area contributed by atoms with Crippen molar-refractivity contribution in [2.75, 3.05) is 10.8 Å². The van der Waals surface area contributed by atoms with Crippen molar-refractivity contribution in [1.29, 1.82) is 0 Å². The molecule has 240 valence electrons. The first-order valence-corrected chi connectivity index (χ1v) is 17.6. The fraction of sp³-hybridized carbons (Fsp3) is 0.278. The summed E-state index contributed by atoms with van der Waals surface area (Å²) in [6, 6.07) is 30.2. The molecular formula is C36H37Cl2N3O4S. The maximum Gasteiger partial charge on any atom is 0.264 e. The first-order chi connectivity index (χ1) is 22.2. The predicted molar refractivity (Wildman–Crippen MR) is 183 cm³/mol. The lowest BCUT2D eigenvalue weighted by molar-refractivity contribution is -0.140. The number of carbonyl (C=O) groups is 2. The van der Waals surface area contributed by atoms with E-state index in [9.17, 15) is 18.0 Å². The third-order valence-electron chi connectivity index (χ3n) is 8.21. The number of sulfonamides is 1. The van der Waals surface area contributed by atoms with Gasteiger partial charge in [-0.15, -0.1) is 0 Å². The normalized spacial score (nSPS) is 14.3. The zero-order valence-corrected chi connectivity index (χ0v) is 27.7. The average Bonchev–Trinajstić information content (AvgIpc) is 3.08. The van der Waals surface area contributed by atoms with Gasteiger partial charge in [0, 0.05) is 19.0 Å². The molecule has 46 heavy (non-hydrogen) atoms. The number of hydrogen-bond acceptors (Lipinski definition) is 4. The first-order valence-electron chi connectivity index (χ1n) is 15.4. The molecule has 1 aliphatic rings. The van der Waals surface area contributed by atoms with Crippen molar-refractivity contribution < 1.29 is 18.0 Å². The van der Waals surface area contributed by atoms with Gasteiger partial charge in [-0.3, -0.25) is 13.9 Å². The van der Waals surface area contributed by atoms with Gasteiger partial charge in [-0.2, -0.15) is 0 Å². The fourth-order valence-electron chi connectivity index (χ4n) is 5.78. The van der Waals surface area contributed by atoms with Gasteiger partial charge in [0.1, 0.15) is 12.6 Å². The van der Waals surface area contributed by atoms with Crippen LogP contribution in [0, 0.1) is 0 Å². The number of hydrogen-bond donors (Lipinski definition) is 1. The summed E-state index contributed by atoms with van der Waals surface area (Å²) >= 11 is 12.6. The summed E-state index contributed by atoms with van der Waals surface area (Å²) in [7, 11) is -4.15. The van der Waals surface area contributed by atoms with Crippen LogP contribution in [0.25, 0.3) is 0 Å². The van der Waals surface area contributed by atoms with Gasteiger partial charge in [-0.1, -0.05) is 115 Å². The molecule has 2 amide bonds. The molecule has 1 fully saturated rings. The third-order valence-corrected chi connectivity index (χ3v) is 10.7. The molecule has 0 saturated heterocycles. The largest absolute Gasteiger partial charge is 0.352 e. The number of benzene rings is 4. The minimum atomic E-state index is -4.15. The van der Waals surface area contributed by atoms with Crippen LogP contribution >= 0.6 is 23.2 Å². The van der Waals surface area contributed by atoms with Crippen molar-refractivity contribution in [2.45, 2.75) is 62.0 Å². The van der Waals surface area contributed by atoms with Crippen molar-refractivity contribution in [3.63, 3.8) is 0 Å². The first kappa shape index (κ1) is 33.5. The highest BCUT2D eigenvalue weighted by molar-refractivity contribution is 7.92. The van der Waals surface area contributed by atoms with E-state index in [1.54, 1.807) is 66.7 Å². The number of para-hydroxylation sites is 1. The Hall–Kier alpha value is -3.85. The molecule has 7 nitrogen and oxygen atoms in total. The van der Waals surface area contributed by atoms with Gasteiger partial charge >= 0.3 is 0 Å². The molecule has 1 aliphatic carbocycles. The van der Waals surface area contributed by atoms with Gasteiger partial charge in [0.2, 0.25) is 11.8 Å². The van der Waals surface area contributed by atoms with Crippen molar-refractivity contribution in [1.82, 2.24) is 10.2 Å². The second kappa shape index (κ2) is 15.6. The van der Waals surface area contributed by atoms with Gasteiger partial charge < -0.3 is 10.2 Å². The highest BCUT2D eigenvalue weighted by Gasteiger charge is 2.35. The van der Waals surface area contributed by atoms with Gasteiger partial charge in [0.05, 0.1) is 20.6 Å². The molecule has 10 heteroatoms. The molecule has 0 radical (unpaired) electrons. The second-order valence-electron chi connectivity index (χ2n) is 11.5. The van der Waals surface area contributed by atoms with Gasteiger partial charge in [0.25, 0.3) is 10.0 Å². The molecule has 0 aromatic heterocycles. The Labute approximate surface area is 281 Å². The molecule has 1 unspecified atom stereocenters. The van der Waals surface area contributed by atoms with Crippen LogP contribution in [-0.4, -0.2) is 43.8 Å². The van der Waals surface area contributed by atoms with Gasteiger partial charge in [0.15, 0.2) is 0 Å². The minimum Gasteiger partial charge on any atom is -0.352 e. The van der Waals surface area contributed by atoms with E-state index in [0.717, 1.165) is 42.0 Å². The van der Waals surface area contributed by atoms with Crippen LogP contribution in [0.4, 0.5) is 5.69 Å². The van der Waals surface area contributed by atoms with E-state index < -0.39 is 28.5 Å². The molecule has 1 saturated carbocycles. The summed E-state index contributed by atoms with van der Waals surface area (Å²) in [6.45, 7) is -0.510. The van der Waals surface area contributed by atoms with E-state index in [1.807, 2.05) is 30.3 Å². The van der Waals surface area contributed by atoms with E-state index in [1.165, 1.54) is 17.0 Å². The number of halogens is 2. The Morgan fingerprint density at radius 1 is 0.761 bits per heavy atom. The topological polar surface area (TPSA) is 86.8 Å². The molecule has 4 aromatic rings. The van der Waals surface area contributed by atoms with Crippen LogP contribution in [0.1, 0.15) is 43.2 Å². The van der Waals surface area contributed by atoms with Gasteiger partial charge in [-0.25, -0.2) is 8.42 Å². The van der Waals surface area contributed by atoms with E-state index in [0.29, 0.717) is 21.3 Å². The predicted octanol–water partition coefficient (Wildman–Crippen LogP) is 7.28. The highest BCUT2D eigenvalue weighted by Crippen LogP contribution is 2.27. The molecule has 0 spiro atoms. The SMILES string of the molecule is O=C(NC1CCCCC1)C(Cc1ccccc1)N(Cc1ccc(Cl)c(Cl)c1)C(=O)CN(c1ccccc1)S(=O)(=O)c1ccccc1. The van der Waals surface area contributed by atoms with E-state index in [4.69, 9.17) is 23.2 Å². The lowest BCUT2D eigenvalue weighted by Gasteiger charge is -2.35. The number of rotatable bonds is 12. The zero-order chi connectivity index (χ0) is 32.5. The van der Waals surface area contributed by atoms with Crippen molar-refractivity contribution in [2.24, 2.45) is 0 Å². The summed E-state index contributed by atoms with van der Waals surface area (Å²) in [5.74, 6) is -0.810. The van der Waals surface area contributed by atoms with Crippen molar-refractivity contribution >= 4 is 50.7 Å². The molecular weight excluding hydrogens is 641 g/mol. The summed E-state index contributed by atoms with van der Waals surface area (Å²) in [5.41, 5.74) is 1.86. The molecule has 0 bridgehead atoms. The third kappa shape index (κ3) is 8.49. The van der Waals surface area contributed by atoms with Crippen molar-refractivity contribution in [3.05, 3.63) is 130 Å². The van der Waals surface area contributed by atoms with E-state index >= 15 is 0 Å². The molecule has 1 N–H and O–H groups in total. The van der Waals surface area contributed by atoms with Crippen LogP contribution in [0.5, 0.6) is 0 Å². The molecule has 1 atom stereocenters. The number of anilines is 1. The molecule has 4 aromatic carbocycles. The number of nitrogens with zero attached hydrogens (tertiary/aromatic N) is 2. The number of amides is 2. The monoisotopic (exact) mass is 677 g/mol. The average molecular weight is 679 g/mol. The van der Waals surface area contributed by atoms with Crippen LogP contribution in [-0.2, 0) is 32.6 Å². The Morgan fingerprint density at radius 2 is 1.37 bits per heavy atom. The smallest absolute Gasteiger partial charge is 0.264 e. The second-order valence-corrected chi connectivity index (χ2v) is 14.2. The molecule has 5 rings (SSSR count). The Kier molecular flexibility index (Phi) is 11.4. The van der Waals surface area contributed by atoms with Crippen LogP contribution < -0.4 is 9.62 Å². The lowest BCUT2D eigenvalue weighted by atomic mass is 9.94. The Morgan fingerprint density at radius 3 is 2.00 bits per heavy atom. The van der Waals surface area contributed by atoms with Crippen LogP contribution in [0.15, 0.2) is 114 Å². The molecule has 0 aliphatic heterocycles. The summed E-state index contributed by atoms with van der Waals surface area (Å²) in [4.78, 5) is 30.3. The lowest BCUT2D eigenvalue weighted by Crippen LogP contribution is -2.55. The maximum absolute atomic E-state index is 14.6. The van der Waals surface area contributed by atoms with Gasteiger partial charge in [-0.05, 0) is 60.4 Å². The summed E-state index contributed by atoms with van der Waals surface area (Å²) in [6.07, 6.45) is 5.19. The number of carbonyl (C=O) groups excluding carboxylic acids is 2. The van der Waals surface area contributed by atoms with E-state index in [2.05, 4.69) is 5.32 Å². The quantitative estimate of drug-likeness (QED) is 0.171. The van der Waals surface area contributed by atoms with E-state index in [-0.39, 0.29) is 29.8 Å². The molecule has 0 heterocycles. The maximum atomic E-state index is 14.6. The summed E-state index contributed by atoms with van der Waals surface area (Å²) in [5, 5.41) is 3.89. The Bertz CT molecular complexity index is 1720. The Balaban J connectivity index is 1.55. The summed E-state index contributed by atoms with van der Waals surface area (Å²) < 4.78 is 29.2. The standard InChI is InChI=1S/C36H37Cl2N3O4S/c37-32-22-21-28(23-33(32)38)25-40(34(24-27-13-5-1-6-14-27)36(43)39-29-15-7-2-8-16-29)35(42)26-41(30-17-9-3-10-18-30)46(44,45)31-19-11-4-12-20-31/h1,3-6,9-14,17-23,29,34H,2,7-8,15-16,24-26H2,(H,39,43). The van der Waals surface area contributed by atoms with Crippen LogP contribution in [0.2, 0.25) is 10.0 Å². The van der Waals surface area contributed by atoms with Crippen LogP contribution in [0.3, 0.4) is 0 Å².